The van der Waals surface area contributed by atoms with Gasteiger partial charge in [0, 0.05) is 35.5 Å². The molecule has 1 unspecified atom stereocenters. The Morgan fingerprint density at radius 3 is 2.49 bits per heavy atom. The van der Waals surface area contributed by atoms with Gasteiger partial charge in [0.25, 0.3) is 11.8 Å². The quantitative estimate of drug-likeness (QED) is 0.548. The molecule has 0 saturated carbocycles. The SMILES string of the molecule is COc1ccc(C(=O)Nc2ccc3c(c2)CN(Cc2cccc(OC)c2OC)C(=O)C(C)O3)cc1. The molecular weight excluding hydrogens is 448 g/mol. The number of fused-ring (bicyclic) bond motifs is 1. The maximum Gasteiger partial charge on any atom is 0.263 e. The van der Waals surface area contributed by atoms with Crippen LogP contribution in [0.1, 0.15) is 28.4 Å². The summed E-state index contributed by atoms with van der Waals surface area (Å²) in [5.74, 6) is 2.07. The van der Waals surface area contributed by atoms with E-state index in [1.165, 1.54) is 0 Å². The number of benzene rings is 3. The molecule has 35 heavy (non-hydrogen) atoms. The highest BCUT2D eigenvalue weighted by atomic mass is 16.5. The molecule has 1 heterocycles. The van der Waals surface area contributed by atoms with Crippen LogP contribution in [0.4, 0.5) is 5.69 Å². The number of methoxy groups -OCH3 is 3. The van der Waals surface area contributed by atoms with Crippen molar-refractivity contribution in [1.82, 2.24) is 4.90 Å². The molecule has 4 rings (SSSR count). The van der Waals surface area contributed by atoms with Crippen molar-refractivity contribution in [1.29, 1.82) is 0 Å². The van der Waals surface area contributed by atoms with Crippen LogP contribution in [0, 0.1) is 0 Å². The minimum Gasteiger partial charge on any atom is -0.497 e. The number of carbonyl (C=O) groups excluding carboxylic acids is 2. The Morgan fingerprint density at radius 2 is 1.80 bits per heavy atom. The standard InChI is InChI=1S/C27H28N2O6/c1-17-27(31)29(15-19-6-5-7-24(33-3)25(19)34-4)16-20-14-21(10-13-23(20)35-17)28-26(30)18-8-11-22(32-2)12-9-18/h5-14,17H,15-16H2,1-4H3,(H,28,30). The van der Waals surface area contributed by atoms with Crippen molar-refractivity contribution in [2.45, 2.75) is 26.1 Å². The summed E-state index contributed by atoms with van der Waals surface area (Å²) in [5, 5.41) is 2.91. The first-order valence-corrected chi connectivity index (χ1v) is 11.2. The Morgan fingerprint density at radius 1 is 1.03 bits per heavy atom. The normalized spacial score (nSPS) is 14.9. The molecule has 2 amide bonds. The van der Waals surface area contributed by atoms with Crippen molar-refractivity contribution in [3.63, 3.8) is 0 Å². The first-order chi connectivity index (χ1) is 16.9. The topological polar surface area (TPSA) is 86.3 Å². The second-order valence-corrected chi connectivity index (χ2v) is 8.11. The van der Waals surface area contributed by atoms with Crippen LogP contribution in [0.25, 0.3) is 0 Å². The number of rotatable bonds is 7. The van der Waals surface area contributed by atoms with Gasteiger partial charge in [-0.1, -0.05) is 12.1 Å². The van der Waals surface area contributed by atoms with Gasteiger partial charge in [-0.15, -0.1) is 0 Å². The molecule has 0 saturated heterocycles. The van der Waals surface area contributed by atoms with E-state index in [2.05, 4.69) is 5.32 Å². The average Bonchev–Trinajstić information content (AvgIpc) is 2.99. The van der Waals surface area contributed by atoms with Crippen molar-refractivity contribution in [2.24, 2.45) is 0 Å². The van der Waals surface area contributed by atoms with Crippen LogP contribution in [0.15, 0.2) is 60.7 Å². The summed E-state index contributed by atoms with van der Waals surface area (Å²) in [4.78, 5) is 27.5. The van der Waals surface area contributed by atoms with E-state index >= 15 is 0 Å². The van der Waals surface area contributed by atoms with Crippen LogP contribution in [-0.4, -0.2) is 44.1 Å². The minimum absolute atomic E-state index is 0.144. The lowest BCUT2D eigenvalue weighted by Crippen LogP contribution is -2.37. The van der Waals surface area contributed by atoms with Crippen molar-refractivity contribution in [2.75, 3.05) is 26.6 Å². The third kappa shape index (κ3) is 5.16. The lowest BCUT2D eigenvalue weighted by molar-refractivity contribution is -0.138. The molecule has 8 heteroatoms. The first kappa shape index (κ1) is 23.9. The van der Waals surface area contributed by atoms with Gasteiger partial charge in [-0.05, 0) is 55.5 Å². The molecule has 0 fully saturated rings. The van der Waals surface area contributed by atoms with Crippen molar-refractivity contribution in [3.05, 3.63) is 77.4 Å². The van der Waals surface area contributed by atoms with E-state index in [0.717, 1.165) is 11.1 Å². The molecule has 1 N–H and O–H groups in total. The zero-order valence-corrected chi connectivity index (χ0v) is 20.2. The third-order valence-corrected chi connectivity index (χ3v) is 5.84. The number of anilines is 1. The van der Waals surface area contributed by atoms with E-state index in [4.69, 9.17) is 18.9 Å². The molecule has 8 nitrogen and oxygen atoms in total. The van der Waals surface area contributed by atoms with Gasteiger partial charge in [-0.3, -0.25) is 9.59 Å². The number of nitrogens with zero attached hydrogens (tertiary/aromatic N) is 1. The second-order valence-electron chi connectivity index (χ2n) is 8.11. The highest BCUT2D eigenvalue weighted by Crippen LogP contribution is 2.34. The van der Waals surface area contributed by atoms with E-state index in [-0.39, 0.29) is 11.8 Å². The van der Waals surface area contributed by atoms with Crippen LogP contribution >= 0.6 is 0 Å². The lowest BCUT2D eigenvalue weighted by Gasteiger charge is -2.24. The predicted molar refractivity (Wildman–Crippen MR) is 131 cm³/mol. The molecule has 182 valence electrons. The van der Waals surface area contributed by atoms with Crippen LogP contribution < -0.4 is 24.3 Å². The Kier molecular flexibility index (Phi) is 7.10. The van der Waals surface area contributed by atoms with Gasteiger partial charge in [0.05, 0.1) is 21.3 Å². The fraction of sp³-hybridized carbons (Fsp3) is 0.259. The third-order valence-electron chi connectivity index (χ3n) is 5.84. The van der Waals surface area contributed by atoms with Crippen molar-refractivity contribution >= 4 is 17.5 Å². The number of hydrogen-bond acceptors (Lipinski definition) is 6. The van der Waals surface area contributed by atoms with Gasteiger partial charge < -0.3 is 29.2 Å². The number of ether oxygens (including phenoxy) is 4. The zero-order valence-electron chi connectivity index (χ0n) is 20.2. The molecule has 1 atom stereocenters. The van der Waals surface area contributed by atoms with E-state index in [1.807, 2.05) is 24.3 Å². The minimum atomic E-state index is -0.660. The zero-order chi connectivity index (χ0) is 24.9. The average molecular weight is 477 g/mol. The maximum absolute atomic E-state index is 13.1. The van der Waals surface area contributed by atoms with Gasteiger partial charge in [0.2, 0.25) is 0 Å². The molecule has 1 aliphatic rings. The summed E-state index contributed by atoms with van der Waals surface area (Å²) in [6, 6.07) is 17.8. The molecule has 0 bridgehead atoms. The van der Waals surface area contributed by atoms with Crippen LogP contribution in [-0.2, 0) is 17.9 Å². The van der Waals surface area contributed by atoms with Crippen molar-refractivity contribution < 1.29 is 28.5 Å². The monoisotopic (exact) mass is 476 g/mol. The van der Waals surface area contributed by atoms with Gasteiger partial charge >= 0.3 is 0 Å². The maximum atomic E-state index is 13.1. The van der Waals surface area contributed by atoms with E-state index in [0.29, 0.717) is 47.3 Å². The van der Waals surface area contributed by atoms with Crippen LogP contribution in [0.2, 0.25) is 0 Å². The smallest absolute Gasteiger partial charge is 0.263 e. The Bertz CT molecular complexity index is 1220. The first-order valence-electron chi connectivity index (χ1n) is 11.2. The molecule has 1 aliphatic heterocycles. The molecule has 3 aromatic carbocycles. The number of amides is 2. The van der Waals surface area contributed by atoms with Gasteiger partial charge in [-0.2, -0.15) is 0 Å². The molecule has 0 radical (unpaired) electrons. The number of hydrogen-bond donors (Lipinski definition) is 1. The lowest BCUT2D eigenvalue weighted by atomic mass is 10.1. The Hall–Kier alpha value is -4.20. The summed E-state index contributed by atoms with van der Waals surface area (Å²) in [7, 11) is 4.73. The predicted octanol–water partition coefficient (Wildman–Crippen LogP) is 4.27. The van der Waals surface area contributed by atoms with Crippen LogP contribution in [0.3, 0.4) is 0 Å². The number of carbonyl (C=O) groups is 2. The summed E-state index contributed by atoms with van der Waals surface area (Å²) in [6.45, 7) is 2.35. The summed E-state index contributed by atoms with van der Waals surface area (Å²) < 4.78 is 22.0. The second kappa shape index (κ2) is 10.4. The van der Waals surface area contributed by atoms with E-state index < -0.39 is 6.10 Å². The fourth-order valence-corrected chi connectivity index (χ4v) is 4.04. The van der Waals surface area contributed by atoms with E-state index in [1.54, 1.807) is 69.6 Å². The van der Waals surface area contributed by atoms with Crippen molar-refractivity contribution in [3.8, 4) is 23.0 Å². The van der Waals surface area contributed by atoms with Crippen LogP contribution in [0.5, 0.6) is 23.0 Å². The molecule has 0 aliphatic carbocycles. The number of nitrogens with one attached hydrogen (secondary N) is 1. The number of para-hydroxylation sites is 1. The largest absolute Gasteiger partial charge is 0.497 e. The highest BCUT2D eigenvalue weighted by molar-refractivity contribution is 6.04. The van der Waals surface area contributed by atoms with Gasteiger partial charge in [0.1, 0.15) is 11.5 Å². The molecule has 3 aromatic rings. The summed E-state index contributed by atoms with van der Waals surface area (Å²) in [6.07, 6.45) is -0.660. The molecule has 0 aromatic heterocycles. The highest BCUT2D eigenvalue weighted by Gasteiger charge is 2.29. The Labute approximate surface area is 204 Å². The van der Waals surface area contributed by atoms with Gasteiger partial charge in [-0.25, -0.2) is 0 Å². The van der Waals surface area contributed by atoms with E-state index in [9.17, 15) is 9.59 Å². The molecule has 0 spiro atoms. The summed E-state index contributed by atoms with van der Waals surface area (Å²) >= 11 is 0. The fourth-order valence-electron chi connectivity index (χ4n) is 4.04. The van der Waals surface area contributed by atoms with Gasteiger partial charge in [0.15, 0.2) is 17.6 Å². The Balaban J connectivity index is 1.58. The summed E-state index contributed by atoms with van der Waals surface area (Å²) in [5.41, 5.74) is 2.72. The molecular formula is C27H28N2O6.